The van der Waals surface area contributed by atoms with Crippen molar-refractivity contribution in [1.29, 1.82) is 0 Å². The molecule has 0 amide bonds. The molecule has 6 heteroatoms. The van der Waals surface area contributed by atoms with E-state index in [1.54, 1.807) is 6.92 Å². The van der Waals surface area contributed by atoms with E-state index in [-0.39, 0.29) is 0 Å². The lowest BCUT2D eigenvalue weighted by Crippen LogP contribution is -1.77. The SMILES string of the molecule is Cc1nnc(SCCC=C(F)F)o1. The van der Waals surface area contributed by atoms with E-state index in [1.807, 2.05) is 0 Å². The van der Waals surface area contributed by atoms with E-state index < -0.39 is 6.08 Å². The molecular formula is C7H8F2N2OS. The summed E-state index contributed by atoms with van der Waals surface area (Å²) in [5, 5.41) is 7.72. The molecule has 1 aromatic heterocycles. The summed E-state index contributed by atoms with van der Waals surface area (Å²) >= 11 is 1.27. The van der Waals surface area contributed by atoms with Gasteiger partial charge < -0.3 is 4.42 Å². The number of halogens is 2. The van der Waals surface area contributed by atoms with Crippen LogP contribution in [0.2, 0.25) is 0 Å². The molecule has 0 aliphatic rings. The van der Waals surface area contributed by atoms with E-state index in [2.05, 4.69) is 10.2 Å². The minimum absolute atomic E-state index is 0.300. The van der Waals surface area contributed by atoms with Crippen molar-refractivity contribution >= 4 is 11.8 Å². The average molecular weight is 206 g/mol. The van der Waals surface area contributed by atoms with Crippen molar-refractivity contribution in [1.82, 2.24) is 10.2 Å². The number of aromatic nitrogens is 2. The predicted molar refractivity (Wildman–Crippen MR) is 44.7 cm³/mol. The van der Waals surface area contributed by atoms with Gasteiger partial charge in [0.15, 0.2) is 0 Å². The Hall–Kier alpha value is -0.910. The fourth-order valence-electron chi connectivity index (χ4n) is 0.651. The molecule has 0 atom stereocenters. The number of aryl methyl sites for hydroxylation is 1. The monoisotopic (exact) mass is 206 g/mol. The number of hydrogen-bond donors (Lipinski definition) is 0. The molecule has 0 bridgehead atoms. The molecule has 72 valence electrons. The standard InChI is InChI=1S/C7H8F2N2OS/c1-5-10-11-7(12-5)13-4-2-3-6(8)9/h3H,2,4H2,1H3. The molecule has 3 nitrogen and oxygen atoms in total. The summed E-state index contributed by atoms with van der Waals surface area (Å²) in [4.78, 5) is 0. The Balaban J connectivity index is 2.24. The summed E-state index contributed by atoms with van der Waals surface area (Å²) < 4.78 is 28.2. The van der Waals surface area contributed by atoms with Gasteiger partial charge in [0.1, 0.15) is 0 Å². The fraction of sp³-hybridized carbons (Fsp3) is 0.429. The molecule has 1 rings (SSSR count). The summed E-state index contributed by atoms with van der Waals surface area (Å²) in [6, 6.07) is 0. The van der Waals surface area contributed by atoms with E-state index in [1.165, 1.54) is 11.8 Å². The van der Waals surface area contributed by atoms with Crippen LogP contribution in [-0.4, -0.2) is 16.0 Å². The zero-order chi connectivity index (χ0) is 9.68. The Bertz CT molecular complexity index is 296. The molecule has 0 aliphatic heterocycles. The molecule has 0 N–H and O–H groups in total. The summed E-state index contributed by atoms with van der Waals surface area (Å²) in [7, 11) is 0. The molecule has 0 radical (unpaired) electrons. The minimum Gasteiger partial charge on any atom is -0.416 e. The van der Waals surface area contributed by atoms with Gasteiger partial charge in [0.05, 0.1) is 0 Å². The van der Waals surface area contributed by atoms with Crippen molar-refractivity contribution < 1.29 is 13.2 Å². The number of rotatable bonds is 4. The van der Waals surface area contributed by atoms with Crippen LogP contribution in [0, 0.1) is 6.92 Å². The Morgan fingerprint density at radius 3 is 2.85 bits per heavy atom. The van der Waals surface area contributed by atoms with Crippen LogP contribution in [0.3, 0.4) is 0 Å². The smallest absolute Gasteiger partial charge is 0.276 e. The zero-order valence-corrected chi connectivity index (χ0v) is 7.77. The maximum atomic E-state index is 11.6. The van der Waals surface area contributed by atoms with Crippen LogP contribution in [-0.2, 0) is 0 Å². The summed E-state index contributed by atoms with van der Waals surface area (Å²) in [6.45, 7) is 1.68. The van der Waals surface area contributed by atoms with Crippen molar-refractivity contribution in [2.24, 2.45) is 0 Å². The van der Waals surface area contributed by atoms with Gasteiger partial charge in [-0.2, -0.15) is 8.78 Å². The molecule has 0 aromatic carbocycles. The lowest BCUT2D eigenvalue weighted by molar-refractivity contribution is 0.418. The van der Waals surface area contributed by atoms with Gasteiger partial charge in [-0.1, -0.05) is 11.8 Å². The van der Waals surface area contributed by atoms with Gasteiger partial charge in [0.25, 0.3) is 11.3 Å². The van der Waals surface area contributed by atoms with Crippen LogP contribution in [0.25, 0.3) is 0 Å². The van der Waals surface area contributed by atoms with Crippen LogP contribution in [0.1, 0.15) is 12.3 Å². The third-order valence-electron chi connectivity index (χ3n) is 1.15. The minimum atomic E-state index is -1.65. The molecular weight excluding hydrogens is 198 g/mol. The molecule has 0 unspecified atom stereocenters. The van der Waals surface area contributed by atoms with Gasteiger partial charge in [-0.15, -0.1) is 10.2 Å². The summed E-state index contributed by atoms with van der Waals surface area (Å²) in [5.41, 5.74) is 0. The quantitative estimate of drug-likeness (QED) is 0.560. The van der Waals surface area contributed by atoms with Gasteiger partial charge in [-0.05, 0) is 12.5 Å². The van der Waals surface area contributed by atoms with Gasteiger partial charge in [0, 0.05) is 12.7 Å². The third kappa shape index (κ3) is 4.02. The van der Waals surface area contributed by atoms with Crippen LogP contribution in [0.4, 0.5) is 8.78 Å². The number of nitrogens with zero attached hydrogens (tertiary/aromatic N) is 2. The molecule has 0 fully saturated rings. The highest BCUT2D eigenvalue weighted by atomic mass is 32.2. The van der Waals surface area contributed by atoms with Gasteiger partial charge in [-0.3, -0.25) is 0 Å². The molecule has 13 heavy (non-hydrogen) atoms. The first-order valence-electron chi connectivity index (χ1n) is 3.62. The normalized spacial score (nSPS) is 10.1. The first kappa shape index (κ1) is 10.2. The average Bonchev–Trinajstić information content (AvgIpc) is 2.45. The van der Waals surface area contributed by atoms with Gasteiger partial charge in [0.2, 0.25) is 5.89 Å². The Morgan fingerprint density at radius 2 is 2.31 bits per heavy atom. The molecule has 1 heterocycles. The Labute approximate surface area is 78.2 Å². The van der Waals surface area contributed by atoms with Crippen LogP contribution >= 0.6 is 11.8 Å². The van der Waals surface area contributed by atoms with E-state index in [9.17, 15) is 8.78 Å². The van der Waals surface area contributed by atoms with Crippen LogP contribution in [0.15, 0.2) is 21.8 Å². The largest absolute Gasteiger partial charge is 0.416 e. The van der Waals surface area contributed by atoms with Crippen molar-refractivity contribution in [3.8, 4) is 0 Å². The van der Waals surface area contributed by atoms with E-state index in [0.29, 0.717) is 23.3 Å². The highest BCUT2D eigenvalue weighted by molar-refractivity contribution is 7.99. The van der Waals surface area contributed by atoms with Crippen molar-refractivity contribution in [3.05, 3.63) is 18.0 Å². The van der Waals surface area contributed by atoms with Gasteiger partial charge in [-0.25, -0.2) is 0 Å². The van der Waals surface area contributed by atoms with Gasteiger partial charge >= 0.3 is 0 Å². The molecule has 0 saturated carbocycles. The number of allylic oxidation sites excluding steroid dienone is 1. The lowest BCUT2D eigenvalue weighted by Gasteiger charge is -1.89. The summed E-state index contributed by atoms with van der Waals surface area (Å²) in [5.74, 6) is 0.994. The number of thioether (sulfide) groups is 1. The van der Waals surface area contributed by atoms with Crippen molar-refractivity contribution in [2.75, 3.05) is 5.75 Å². The Kier molecular flexibility index (Phi) is 3.88. The highest BCUT2D eigenvalue weighted by Gasteiger charge is 2.01. The predicted octanol–water partition coefficient (Wildman–Crippen LogP) is 2.64. The van der Waals surface area contributed by atoms with E-state index in [4.69, 9.17) is 4.42 Å². The molecule has 1 aromatic rings. The van der Waals surface area contributed by atoms with Crippen LogP contribution < -0.4 is 0 Å². The zero-order valence-electron chi connectivity index (χ0n) is 6.96. The molecule has 0 saturated heterocycles. The second-order valence-electron chi connectivity index (χ2n) is 2.22. The first-order valence-corrected chi connectivity index (χ1v) is 4.61. The van der Waals surface area contributed by atoms with Crippen molar-refractivity contribution in [2.45, 2.75) is 18.6 Å². The van der Waals surface area contributed by atoms with E-state index in [0.717, 1.165) is 6.08 Å². The Morgan fingerprint density at radius 1 is 1.54 bits per heavy atom. The molecule has 0 spiro atoms. The topological polar surface area (TPSA) is 38.9 Å². The van der Waals surface area contributed by atoms with Crippen LogP contribution in [0.5, 0.6) is 0 Å². The highest BCUT2D eigenvalue weighted by Crippen LogP contribution is 2.17. The maximum Gasteiger partial charge on any atom is 0.276 e. The fourth-order valence-corrected chi connectivity index (χ4v) is 1.34. The summed E-state index contributed by atoms with van der Waals surface area (Å²) in [6.07, 6.45) is -0.479. The second-order valence-corrected chi connectivity index (χ2v) is 3.26. The van der Waals surface area contributed by atoms with E-state index >= 15 is 0 Å². The second kappa shape index (κ2) is 4.96. The first-order chi connectivity index (χ1) is 6.18. The van der Waals surface area contributed by atoms with Crippen molar-refractivity contribution in [3.63, 3.8) is 0 Å². The molecule has 0 aliphatic carbocycles. The lowest BCUT2D eigenvalue weighted by atomic mass is 10.5. The third-order valence-corrected chi connectivity index (χ3v) is 2.00. The number of hydrogen-bond acceptors (Lipinski definition) is 4. The maximum absolute atomic E-state index is 11.6.